The molecule has 0 bridgehead atoms. The number of anilines is 1. The highest BCUT2D eigenvalue weighted by atomic mass is 16.5. The summed E-state index contributed by atoms with van der Waals surface area (Å²) in [5.74, 6) is 0.970. The van der Waals surface area contributed by atoms with Crippen molar-refractivity contribution in [3.63, 3.8) is 0 Å². The first kappa shape index (κ1) is 16.4. The first-order chi connectivity index (χ1) is 11.8. The number of hydrogen-bond acceptors (Lipinski definition) is 7. The average molecular weight is 331 g/mol. The Hall–Kier alpha value is -2.45. The third-order valence-corrected chi connectivity index (χ3v) is 3.71. The predicted molar refractivity (Wildman–Crippen MR) is 87.7 cm³/mol. The number of hydrogen-bond donors (Lipinski definition) is 2. The molecule has 0 radical (unpaired) electrons. The van der Waals surface area contributed by atoms with Gasteiger partial charge in [0.2, 0.25) is 5.95 Å². The van der Waals surface area contributed by atoms with E-state index in [1.165, 1.54) is 0 Å². The fourth-order valence-corrected chi connectivity index (χ4v) is 2.39. The largest absolute Gasteiger partial charge is 0.467 e. The monoisotopic (exact) mass is 331 g/mol. The van der Waals surface area contributed by atoms with Crippen LogP contribution in [0.25, 0.3) is 0 Å². The summed E-state index contributed by atoms with van der Waals surface area (Å²) >= 11 is 0. The highest BCUT2D eigenvalue weighted by Gasteiger charge is 2.12. The Morgan fingerprint density at radius 2 is 2.17 bits per heavy atom. The molecule has 1 aliphatic heterocycles. The highest BCUT2D eigenvalue weighted by molar-refractivity contribution is 5.92. The van der Waals surface area contributed by atoms with Crippen LogP contribution in [-0.4, -0.2) is 60.2 Å². The molecule has 0 aromatic carbocycles. The summed E-state index contributed by atoms with van der Waals surface area (Å²) in [6, 6.07) is 5.27. The van der Waals surface area contributed by atoms with Gasteiger partial charge in [-0.3, -0.25) is 9.69 Å². The fourth-order valence-electron chi connectivity index (χ4n) is 2.39. The molecule has 2 aromatic rings. The number of morpholine rings is 1. The smallest absolute Gasteiger partial charge is 0.270 e. The topological polar surface area (TPSA) is 92.5 Å². The van der Waals surface area contributed by atoms with E-state index in [0.717, 1.165) is 38.6 Å². The number of carbonyl (C=O) groups is 1. The minimum absolute atomic E-state index is 0.202. The standard InChI is InChI=1S/C16H21N5O3/c22-15(17-5-6-21-7-10-23-11-8-21)14-3-4-18-16(20-14)19-12-13-2-1-9-24-13/h1-4,9H,5-8,10-12H2,(H,17,22)(H,18,19,20). The number of ether oxygens (including phenoxy) is 1. The molecular formula is C16H21N5O3. The van der Waals surface area contributed by atoms with Crippen LogP contribution in [0.5, 0.6) is 0 Å². The van der Waals surface area contributed by atoms with Gasteiger partial charge in [0.1, 0.15) is 11.5 Å². The molecule has 24 heavy (non-hydrogen) atoms. The summed E-state index contributed by atoms with van der Waals surface area (Å²) < 4.78 is 10.5. The van der Waals surface area contributed by atoms with E-state index in [9.17, 15) is 4.79 Å². The van der Waals surface area contributed by atoms with Gasteiger partial charge in [-0.05, 0) is 18.2 Å². The van der Waals surface area contributed by atoms with Gasteiger partial charge in [-0.25, -0.2) is 9.97 Å². The van der Waals surface area contributed by atoms with Crippen LogP contribution in [0, 0.1) is 0 Å². The maximum absolute atomic E-state index is 12.2. The van der Waals surface area contributed by atoms with Crippen LogP contribution in [0.2, 0.25) is 0 Å². The minimum Gasteiger partial charge on any atom is -0.467 e. The van der Waals surface area contributed by atoms with Crippen LogP contribution >= 0.6 is 0 Å². The van der Waals surface area contributed by atoms with Crippen molar-refractivity contribution in [1.29, 1.82) is 0 Å². The maximum atomic E-state index is 12.2. The summed E-state index contributed by atoms with van der Waals surface area (Å²) in [6.07, 6.45) is 3.17. The second kappa shape index (κ2) is 8.42. The van der Waals surface area contributed by atoms with Crippen LogP contribution in [0.15, 0.2) is 35.1 Å². The molecule has 1 saturated heterocycles. The molecule has 0 unspecified atom stereocenters. The Balaban J connectivity index is 1.46. The molecule has 3 heterocycles. The van der Waals surface area contributed by atoms with E-state index in [1.807, 2.05) is 12.1 Å². The molecule has 8 heteroatoms. The molecule has 0 saturated carbocycles. The Morgan fingerprint density at radius 1 is 1.29 bits per heavy atom. The Morgan fingerprint density at radius 3 is 2.96 bits per heavy atom. The molecule has 0 aliphatic carbocycles. The zero-order chi connectivity index (χ0) is 16.6. The van der Waals surface area contributed by atoms with Crippen LogP contribution in [0.1, 0.15) is 16.2 Å². The first-order valence-corrected chi connectivity index (χ1v) is 7.99. The molecule has 1 fully saturated rings. The van der Waals surface area contributed by atoms with Gasteiger partial charge in [0.15, 0.2) is 0 Å². The van der Waals surface area contributed by atoms with Gasteiger partial charge in [0, 0.05) is 32.4 Å². The summed E-state index contributed by atoms with van der Waals surface area (Å²) in [5.41, 5.74) is 0.342. The van der Waals surface area contributed by atoms with Gasteiger partial charge in [-0.1, -0.05) is 0 Å². The zero-order valence-corrected chi connectivity index (χ0v) is 13.4. The summed E-state index contributed by atoms with van der Waals surface area (Å²) in [4.78, 5) is 22.8. The SMILES string of the molecule is O=C(NCCN1CCOCC1)c1ccnc(NCc2ccco2)n1. The molecule has 1 amide bonds. The van der Waals surface area contributed by atoms with Gasteiger partial charge in [-0.15, -0.1) is 0 Å². The van der Waals surface area contributed by atoms with Crippen LogP contribution in [0.4, 0.5) is 5.95 Å². The second-order valence-electron chi connectivity index (χ2n) is 5.41. The second-order valence-corrected chi connectivity index (χ2v) is 5.41. The molecule has 0 spiro atoms. The summed E-state index contributed by atoms with van der Waals surface area (Å²) in [6.45, 7) is 5.18. The summed E-state index contributed by atoms with van der Waals surface area (Å²) in [5, 5.41) is 5.92. The number of amides is 1. The molecule has 0 atom stereocenters. The number of nitrogens with one attached hydrogen (secondary N) is 2. The van der Waals surface area contributed by atoms with Gasteiger partial charge in [0.25, 0.3) is 5.91 Å². The molecule has 2 N–H and O–H groups in total. The van der Waals surface area contributed by atoms with E-state index in [4.69, 9.17) is 9.15 Å². The number of carbonyl (C=O) groups excluding carboxylic acids is 1. The Bertz CT molecular complexity index is 641. The van der Waals surface area contributed by atoms with Gasteiger partial charge in [0.05, 0.1) is 26.0 Å². The lowest BCUT2D eigenvalue weighted by atomic mass is 10.3. The van der Waals surface area contributed by atoms with Crippen molar-refractivity contribution in [2.24, 2.45) is 0 Å². The normalized spacial score (nSPS) is 15.2. The van der Waals surface area contributed by atoms with Crippen molar-refractivity contribution >= 4 is 11.9 Å². The van der Waals surface area contributed by atoms with Crippen LogP contribution < -0.4 is 10.6 Å². The third kappa shape index (κ3) is 4.77. The van der Waals surface area contributed by atoms with E-state index in [-0.39, 0.29) is 5.91 Å². The Kier molecular flexibility index (Phi) is 5.75. The predicted octanol–water partition coefficient (Wildman–Crippen LogP) is 0.744. The van der Waals surface area contributed by atoms with Crippen molar-refractivity contribution in [2.45, 2.75) is 6.54 Å². The van der Waals surface area contributed by atoms with Crippen molar-refractivity contribution in [1.82, 2.24) is 20.2 Å². The molecule has 8 nitrogen and oxygen atoms in total. The van der Waals surface area contributed by atoms with Crippen molar-refractivity contribution in [3.8, 4) is 0 Å². The molecule has 2 aromatic heterocycles. The van der Waals surface area contributed by atoms with E-state index < -0.39 is 0 Å². The number of rotatable bonds is 7. The van der Waals surface area contributed by atoms with Crippen molar-refractivity contribution < 1.29 is 13.9 Å². The minimum atomic E-state index is -0.202. The quantitative estimate of drug-likeness (QED) is 0.773. The van der Waals surface area contributed by atoms with E-state index in [0.29, 0.717) is 24.7 Å². The van der Waals surface area contributed by atoms with Crippen LogP contribution in [-0.2, 0) is 11.3 Å². The molecule has 1 aliphatic rings. The lowest BCUT2D eigenvalue weighted by molar-refractivity contribution is 0.0383. The van der Waals surface area contributed by atoms with E-state index in [2.05, 4.69) is 25.5 Å². The van der Waals surface area contributed by atoms with Gasteiger partial charge in [-0.2, -0.15) is 0 Å². The fraction of sp³-hybridized carbons (Fsp3) is 0.438. The maximum Gasteiger partial charge on any atom is 0.270 e. The van der Waals surface area contributed by atoms with Crippen molar-refractivity contribution in [2.75, 3.05) is 44.7 Å². The highest BCUT2D eigenvalue weighted by Crippen LogP contribution is 2.05. The van der Waals surface area contributed by atoms with Crippen molar-refractivity contribution in [3.05, 3.63) is 42.1 Å². The van der Waals surface area contributed by atoms with E-state index >= 15 is 0 Å². The van der Waals surface area contributed by atoms with Gasteiger partial charge < -0.3 is 19.8 Å². The number of aromatic nitrogens is 2. The lowest BCUT2D eigenvalue weighted by Crippen LogP contribution is -2.41. The Labute approximate surface area is 140 Å². The van der Waals surface area contributed by atoms with Crippen LogP contribution in [0.3, 0.4) is 0 Å². The zero-order valence-electron chi connectivity index (χ0n) is 13.4. The average Bonchev–Trinajstić information content (AvgIpc) is 3.15. The third-order valence-electron chi connectivity index (χ3n) is 3.71. The van der Waals surface area contributed by atoms with E-state index in [1.54, 1.807) is 18.5 Å². The lowest BCUT2D eigenvalue weighted by Gasteiger charge is -2.26. The molecular weight excluding hydrogens is 310 g/mol. The molecule has 3 rings (SSSR count). The number of nitrogens with zero attached hydrogens (tertiary/aromatic N) is 3. The van der Waals surface area contributed by atoms with Gasteiger partial charge >= 0.3 is 0 Å². The first-order valence-electron chi connectivity index (χ1n) is 7.99. The number of furan rings is 1. The summed E-state index contributed by atoms with van der Waals surface area (Å²) in [7, 11) is 0. The molecule has 128 valence electrons.